The summed E-state index contributed by atoms with van der Waals surface area (Å²) in [6.07, 6.45) is 2.96. The summed E-state index contributed by atoms with van der Waals surface area (Å²) in [5.41, 5.74) is 0.0154. The van der Waals surface area contributed by atoms with Crippen LogP contribution in [0.2, 0.25) is 0 Å². The number of ether oxygens (including phenoxy) is 1. The number of hydrogen-bond acceptors (Lipinski definition) is 4. The van der Waals surface area contributed by atoms with E-state index in [2.05, 4.69) is 5.10 Å². The second-order valence-electron chi connectivity index (χ2n) is 6.13. The van der Waals surface area contributed by atoms with Gasteiger partial charge in [-0.2, -0.15) is 9.78 Å². The van der Waals surface area contributed by atoms with Crippen molar-refractivity contribution in [3.8, 4) is 11.4 Å². The molecule has 0 saturated carbocycles. The lowest BCUT2D eigenvalue weighted by Crippen LogP contribution is -2.43. The molecule has 0 bridgehead atoms. The number of halogens is 1. The molecule has 1 aliphatic heterocycles. The first kappa shape index (κ1) is 17.1. The maximum Gasteiger partial charge on any atom is 0.278 e. The molecule has 132 valence electrons. The third-order valence-electron chi connectivity index (χ3n) is 4.45. The zero-order valence-corrected chi connectivity index (χ0v) is 14.2. The van der Waals surface area contributed by atoms with Gasteiger partial charge in [-0.1, -0.05) is 0 Å². The smallest absolute Gasteiger partial charge is 0.278 e. The summed E-state index contributed by atoms with van der Waals surface area (Å²) in [6.45, 7) is 2.65. The van der Waals surface area contributed by atoms with Gasteiger partial charge in [0.2, 0.25) is 0 Å². The van der Waals surface area contributed by atoms with Gasteiger partial charge in [0.1, 0.15) is 5.82 Å². The molecule has 1 saturated heterocycles. The predicted octanol–water partition coefficient (Wildman–Crippen LogP) is 2.39. The molecule has 1 aromatic heterocycles. The Morgan fingerprint density at radius 2 is 2.00 bits per heavy atom. The van der Waals surface area contributed by atoms with E-state index in [4.69, 9.17) is 4.74 Å². The van der Waals surface area contributed by atoms with Crippen LogP contribution >= 0.6 is 0 Å². The number of benzene rings is 1. The number of carbonyl (C=O) groups excluding carboxylic acids is 1. The minimum atomic E-state index is -0.452. The number of carbonyl (C=O) groups is 1. The second kappa shape index (κ2) is 7.04. The number of hydrogen-bond donors (Lipinski definition) is 0. The van der Waals surface area contributed by atoms with Gasteiger partial charge in [-0.05, 0) is 50.5 Å². The zero-order valence-electron chi connectivity index (χ0n) is 14.2. The monoisotopic (exact) mass is 345 g/mol. The van der Waals surface area contributed by atoms with Gasteiger partial charge >= 0.3 is 0 Å². The number of aromatic nitrogens is 2. The summed E-state index contributed by atoms with van der Waals surface area (Å²) in [5, 5.41) is 4.22. The summed E-state index contributed by atoms with van der Waals surface area (Å²) >= 11 is 0. The summed E-state index contributed by atoms with van der Waals surface area (Å²) in [5.74, 6) is -0.533. The fraction of sp³-hybridized carbons (Fsp3) is 0.389. The summed E-state index contributed by atoms with van der Waals surface area (Å²) < 4.78 is 19.4. The van der Waals surface area contributed by atoms with E-state index in [0.717, 1.165) is 23.9 Å². The minimum Gasteiger partial charge on any atom is -0.494 e. The van der Waals surface area contributed by atoms with Gasteiger partial charge < -0.3 is 9.64 Å². The molecule has 2 aromatic rings. The maximum atomic E-state index is 13.1. The van der Waals surface area contributed by atoms with E-state index in [1.54, 1.807) is 4.90 Å². The molecule has 0 radical (unpaired) electrons. The van der Waals surface area contributed by atoms with Crippen LogP contribution in [0.4, 0.5) is 4.39 Å². The van der Waals surface area contributed by atoms with Crippen molar-refractivity contribution in [3.05, 3.63) is 52.2 Å². The summed E-state index contributed by atoms with van der Waals surface area (Å²) in [4.78, 5) is 27.0. The molecule has 1 aromatic carbocycles. The fourth-order valence-corrected chi connectivity index (χ4v) is 3.05. The highest BCUT2D eigenvalue weighted by atomic mass is 19.1. The predicted molar refractivity (Wildman–Crippen MR) is 90.7 cm³/mol. The quantitative estimate of drug-likeness (QED) is 0.857. The van der Waals surface area contributed by atoms with Crippen molar-refractivity contribution in [2.75, 3.05) is 13.7 Å². The number of amides is 1. The number of methoxy groups -OCH3 is 1. The molecule has 25 heavy (non-hydrogen) atoms. The first-order valence-electron chi connectivity index (χ1n) is 8.26. The van der Waals surface area contributed by atoms with Gasteiger partial charge in [-0.3, -0.25) is 9.59 Å². The third-order valence-corrected chi connectivity index (χ3v) is 4.45. The Morgan fingerprint density at radius 1 is 1.28 bits per heavy atom. The molecule has 1 fully saturated rings. The van der Waals surface area contributed by atoms with Crippen LogP contribution in [-0.2, 0) is 0 Å². The first-order chi connectivity index (χ1) is 12.0. The summed E-state index contributed by atoms with van der Waals surface area (Å²) in [7, 11) is 1.40. The van der Waals surface area contributed by atoms with Crippen LogP contribution in [0.1, 0.15) is 36.7 Å². The van der Waals surface area contributed by atoms with Crippen molar-refractivity contribution in [2.45, 2.75) is 32.2 Å². The Morgan fingerprint density at radius 3 is 2.64 bits per heavy atom. The van der Waals surface area contributed by atoms with Gasteiger partial charge in [0.25, 0.3) is 11.5 Å². The molecule has 0 spiro atoms. The van der Waals surface area contributed by atoms with Gasteiger partial charge in [0.05, 0.1) is 18.9 Å². The van der Waals surface area contributed by atoms with Gasteiger partial charge in [-0.25, -0.2) is 4.39 Å². The number of rotatable bonds is 3. The van der Waals surface area contributed by atoms with Crippen LogP contribution in [0.25, 0.3) is 5.69 Å². The van der Waals surface area contributed by atoms with Crippen molar-refractivity contribution < 1.29 is 13.9 Å². The molecule has 1 atom stereocenters. The molecule has 1 amide bonds. The summed E-state index contributed by atoms with van der Waals surface area (Å²) in [6, 6.07) is 6.70. The molecular weight excluding hydrogens is 325 g/mol. The van der Waals surface area contributed by atoms with Crippen molar-refractivity contribution in [1.29, 1.82) is 0 Å². The third kappa shape index (κ3) is 3.40. The Kier molecular flexibility index (Phi) is 4.83. The number of piperidine rings is 1. The number of nitrogens with zero attached hydrogens (tertiary/aromatic N) is 3. The molecule has 1 aliphatic rings. The Hall–Kier alpha value is -2.70. The van der Waals surface area contributed by atoms with Crippen molar-refractivity contribution in [3.63, 3.8) is 0 Å². The molecule has 6 nitrogen and oxygen atoms in total. The van der Waals surface area contributed by atoms with Crippen LogP contribution in [0, 0.1) is 5.82 Å². The minimum absolute atomic E-state index is 0.0835. The van der Waals surface area contributed by atoms with Crippen LogP contribution < -0.4 is 10.3 Å². The largest absolute Gasteiger partial charge is 0.494 e. The average Bonchev–Trinajstić information content (AvgIpc) is 2.62. The maximum absolute atomic E-state index is 13.1. The fourth-order valence-electron chi connectivity index (χ4n) is 3.05. The molecular formula is C18H20FN3O3. The van der Waals surface area contributed by atoms with Gasteiger partial charge in [-0.15, -0.1) is 0 Å². The molecule has 0 unspecified atom stereocenters. The second-order valence-corrected chi connectivity index (χ2v) is 6.13. The highest BCUT2D eigenvalue weighted by molar-refractivity contribution is 5.95. The van der Waals surface area contributed by atoms with E-state index < -0.39 is 11.4 Å². The lowest BCUT2D eigenvalue weighted by atomic mass is 10.0. The van der Waals surface area contributed by atoms with E-state index >= 15 is 0 Å². The zero-order chi connectivity index (χ0) is 18.0. The molecule has 7 heteroatoms. The standard InChI is InChI=1S/C18H20FN3O3/c1-12-5-3-4-10-21(12)18(24)17-15(25-2)11-16(23)22(20-17)14-8-6-13(19)7-9-14/h6-9,11-12H,3-5,10H2,1-2H3/t12-/m1/s1. The average molecular weight is 345 g/mol. The molecule has 2 heterocycles. The Balaban J connectivity index is 2.06. The van der Waals surface area contributed by atoms with E-state index in [0.29, 0.717) is 12.2 Å². The van der Waals surface area contributed by atoms with Crippen LogP contribution in [0.15, 0.2) is 35.1 Å². The molecule has 0 aliphatic carbocycles. The molecule has 0 N–H and O–H groups in total. The van der Waals surface area contributed by atoms with Crippen molar-refractivity contribution in [1.82, 2.24) is 14.7 Å². The first-order valence-corrected chi connectivity index (χ1v) is 8.26. The van der Waals surface area contributed by atoms with E-state index in [-0.39, 0.29) is 23.4 Å². The van der Waals surface area contributed by atoms with Crippen LogP contribution in [0.5, 0.6) is 5.75 Å². The SMILES string of the molecule is COc1cc(=O)n(-c2ccc(F)cc2)nc1C(=O)N1CCCC[C@H]1C. The number of likely N-dealkylation sites (tertiary alicyclic amines) is 1. The Bertz CT molecular complexity index is 832. The van der Waals surface area contributed by atoms with Crippen molar-refractivity contribution >= 4 is 5.91 Å². The van der Waals surface area contributed by atoms with Crippen molar-refractivity contribution in [2.24, 2.45) is 0 Å². The van der Waals surface area contributed by atoms with E-state index in [9.17, 15) is 14.0 Å². The topological polar surface area (TPSA) is 64.4 Å². The van der Waals surface area contributed by atoms with E-state index in [1.165, 1.54) is 37.4 Å². The van der Waals surface area contributed by atoms with Gasteiger partial charge in [0.15, 0.2) is 11.4 Å². The van der Waals surface area contributed by atoms with E-state index in [1.807, 2.05) is 6.92 Å². The normalized spacial score (nSPS) is 17.4. The van der Waals surface area contributed by atoms with Gasteiger partial charge in [0, 0.05) is 12.6 Å². The lowest BCUT2D eigenvalue weighted by Gasteiger charge is -2.33. The van der Waals surface area contributed by atoms with Crippen LogP contribution in [0.3, 0.4) is 0 Å². The molecule has 3 rings (SSSR count). The highest BCUT2D eigenvalue weighted by Gasteiger charge is 2.28. The highest BCUT2D eigenvalue weighted by Crippen LogP contribution is 2.22. The van der Waals surface area contributed by atoms with Crippen LogP contribution in [-0.4, -0.2) is 40.3 Å². The Labute approximate surface area is 144 Å². The lowest BCUT2D eigenvalue weighted by molar-refractivity contribution is 0.0623.